The summed E-state index contributed by atoms with van der Waals surface area (Å²) >= 11 is 0. The zero-order valence-electron chi connectivity index (χ0n) is 12.8. The minimum absolute atomic E-state index is 0.479. The van der Waals surface area contributed by atoms with Gasteiger partial charge in [-0.25, -0.2) is 0 Å². The highest BCUT2D eigenvalue weighted by atomic mass is 16.1. The molecule has 0 aliphatic heterocycles. The predicted molar refractivity (Wildman–Crippen MR) is 88.8 cm³/mol. The quantitative estimate of drug-likeness (QED) is 0.736. The van der Waals surface area contributed by atoms with Crippen molar-refractivity contribution >= 4 is 5.78 Å². The number of rotatable bonds is 6. The van der Waals surface area contributed by atoms with Crippen LogP contribution in [0.2, 0.25) is 0 Å². The van der Waals surface area contributed by atoms with Crippen LogP contribution in [0.4, 0.5) is 0 Å². The summed E-state index contributed by atoms with van der Waals surface area (Å²) in [5.74, 6) is 2.95. The van der Waals surface area contributed by atoms with Gasteiger partial charge in [-0.05, 0) is 47.6 Å². The zero-order valence-corrected chi connectivity index (χ0v) is 12.8. The van der Waals surface area contributed by atoms with E-state index in [9.17, 15) is 4.79 Å². The van der Waals surface area contributed by atoms with Gasteiger partial charge in [-0.3, -0.25) is 4.79 Å². The Labute approximate surface area is 132 Å². The third kappa shape index (κ3) is 2.99. The minimum Gasteiger partial charge on any atom is -0.300 e. The highest BCUT2D eigenvalue weighted by Gasteiger charge is 2.42. The molecule has 0 saturated heterocycles. The van der Waals surface area contributed by atoms with E-state index in [1.54, 1.807) is 0 Å². The smallest absolute Gasteiger partial charge is 0.133 e. The van der Waals surface area contributed by atoms with E-state index < -0.39 is 0 Å². The summed E-state index contributed by atoms with van der Waals surface area (Å²) in [6, 6.07) is 21.3. The van der Waals surface area contributed by atoms with Gasteiger partial charge in [0.05, 0.1) is 0 Å². The van der Waals surface area contributed by atoms with Gasteiger partial charge in [-0.1, -0.05) is 60.7 Å². The Balaban J connectivity index is 1.25. The Morgan fingerprint density at radius 3 is 1.55 bits per heavy atom. The second-order valence-electron chi connectivity index (χ2n) is 6.97. The predicted octanol–water partition coefficient (Wildman–Crippen LogP) is 4.94. The van der Waals surface area contributed by atoms with Crippen LogP contribution in [0.15, 0.2) is 60.7 Å². The van der Waals surface area contributed by atoms with Crippen LogP contribution in [0.3, 0.4) is 0 Å². The lowest BCUT2D eigenvalue weighted by atomic mass is 10.0. The van der Waals surface area contributed by atoms with Crippen molar-refractivity contribution in [2.45, 2.75) is 37.5 Å². The first-order chi connectivity index (χ1) is 10.8. The second-order valence-corrected chi connectivity index (χ2v) is 6.97. The fourth-order valence-corrected chi connectivity index (χ4v) is 3.83. The molecular weight excluding hydrogens is 268 g/mol. The van der Waals surface area contributed by atoms with Crippen molar-refractivity contribution in [1.82, 2.24) is 0 Å². The zero-order chi connectivity index (χ0) is 14.9. The number of Topliss-reactive ketones (excluding diaryl/α,β-unsaturated/α-hetero) is 1. The van der Waals surface area contributed by atoms with E-state index in [0.29, 0.717) is 29.5 Å². The van der Waals surface area contributed by atoms with Gasteiger partial charge in [0, 0.05) is 12.8 Å². The molecule has 0 bridgehead atoms. The number of benzene rings is 2. The summed E-state index contributed by atoms with van der Waals surface area (Å²) in [4.78, 5) is 12.3. The summed E-state index contributed by atoms with van der Waals surface area (Å²) in [7, 11) is 0. The molecule has 0 aromatic heterocycles. The first-order valence-corrected chi connectivity index (χ1v) is 8.43. The van der Waals surface area contributed by atoms with Crippen molar-refractivity contribution in [2.75, 3.05) is 0 Å². The monoisotopic (exact) mass is 290 g/mol. The molecule has 0 N–H and O–H groups in total. The third-order valence-corrected chi connectivity index (χ3v) is 5.28. The van der Waals surface area contributed by atoms with Gasteiger partial charge in [0.15, 0.2) is 0 Å². The molecular formula is C21H22O. The third-order valence-electron chi connectivity index (χ3n) is 5.28. The molecule has 2 aliphatic rings. The van der Waals surface area contributed by atoms with Crippen molar-refractivity contribution in [1.29, 1.82) is 0 Å². The Morgan fingerprint density at radius 2 is 1.14 bits per heavy atom. The molecule has 1 heteroatoms. The van der Waals surface area contributed by atoms with Crippen molar-refractivity contribution in [3.05, 3.63) is 71.8 Å². The Bertz CT molecular complexity index is 589. The molecule has 2 aromatic rings. The van der Waals surface area contributed by atoms with Crippen LogP contribution in [0, 0.1) is 11.8 Å². The molecule has 2 aliphatic carbocycles. The molecule has 2 aromatic carbocycles. The SMILES string of the molecule is O=C(CC1CC1c1ccccc1)CC1CC1c1ccccc1. The molecule has 0 spiro atoms. The van der Waals surface area contributed by atoms with Crippen LogP contribution in [0.1, 0.15) is 48.6 Å². The minimum atomic E-state index is 0.479. The Kier molecular flexibility index (Phi) is 3.57. The molecule has 1 nitrogen and oxygen atoms in total. The highest BCUT2D eigenvalue weighted by molar-refractivity contribution is 5.80. The fraction of sp³-hybridized carbons (Fsp3) is 0.381. The number of hydrogen-bond acceptors (Lipinski definition) is 1. The van der Waals surface area contributed by atoms with Gasteiger partial charge in [0.2, 0.25) is 0 Å². The maximum atomic E-state index is 12.3. The number of carbonyl (C=O) groups excluding carboxylic acids is 1. The van der Waals surface area contributed by atoms with Crippen LogP contribution in [-0.4, -0.2) is 5.78 Å². The van der Waals surface area contributed by atoms with E-state index >= 15 is 0 Å². The number of carbonyl (C=O) groups is 1. The summed E-state index contributed by atoms with van der Waals surface area (Å²) in [6.45, 7) is 0. The van der Waals surface area contributed by atoms with Gasteiger partial charge in [-0.2, -0.15) is 0 Å². The van der Waals surface area contributed by atoms with Crippen LogP contribution < -0.4 is 0 Å². The average molecular weight is 290 g/mol. The first-order valence-electron chi connectivity index (χ1n) is 8.43. The normalized spacial score (nSPS) is 29.1. The lowest BCUT2D eigenvalue weighted by Gasteiger charge is -2.02. The van der Waals surface area contributed by atoms with E-state index in [1.807, 2.05) is 0 Å². The van der Waals surface area contributed by atoms with E-state index in [4.69, 9.17) is 0 Å². The molecule has 112 valence electrons. The molecule has 0 radical (unpaired) electrons. The van der Waals surface area contributed by atoms with Crippen LogP contribution >= 0.6 is 0 Å². The van der Waals surface area contributed by atoms with Crippen molar-refractivity contribution in [3.63, 3.8) is 0 Å². The molecule has 0 amide bonds. The lowest BCUT2D eigenvalue weighted by Crippen LogP contribution is -2.02. The summed E-state index contributed by atoms with van der Waals surface area (Å²) in [5.41, 5.74) is 2.82. The van der Waals surface area contributed by atoms with Crippen molar-refractivity contribution in [2.24, 2.45) is 11.8 Å². The lowest BCUT2D eigenvalue weighted by molar-refractivity contribution is -0.119. The van der Waals surface area contributed by atoms with Crippen molar-refractivity contribution < 1.29 is 4.79 Å². The maximum Gasteiger partial charge on any atom is 0.133 e. The maximum absolute atomic E-state index is 12.3. The van der Waals surface area contributed by atoms with Gasteiger partial charge in [0.25, 0.3) is 0 Å². The van der Waals surface area contributed by atoms with Gasteiger partial charge < -0.3 is 0 Å². The summed E-state index contributed by atoms with van der Waals surface area (Å²) < 4.78 is 0. The molecule has 2 fully saturated rings. The fourth-order valence-electron chi connectivity index (χ4n) is 3.83. The summed E-state index contributed by atoms with van der Waals surface area (Å²) in [6.07, 6.45) is 3.97. The number of ketones is 1. The van der Waals surface area contributed by atoms with Crippen LogP contribution in [-0.2, 0) is 4.79 Å². The van der Waals surface area contributed by atoms with Gasteiger partial charge in [0.1, 0.15) is 5.78 Å². The largest absolute Gasteiger partial charge is 0.300 e. The van der Waals surface area contributed by atoms with Crippen LogP contribution in [0.5, 0.6) is 0 Å². The second kappa shape index (κ2) is 5.72. The molecule has 4 atom stereocenters. The topological polar surface area (TPSA) is 17.1 Å². The van der Waals surface area contributed by atoms with Gasteiger partial charge in [-0.15, -0.1) is 0 Å². The van der Waals surface area contributed by atoms with Crippen LogP contribution in [0.25, 0.3) is 0 Å². The summed E-state index contributed by atoms with van der Waals surface area (Å²) in [5, 5.41) is 0. The first kappa shape index (κ1) is 13.8. The Morgan fingerprint density at radius 1 is 0.727 bits per heavy atom. The molecule has 4 unspecified atom stereocenters. The van der Waals surface area contributed by atoms with Gasteiger partial charge >= 0.3 is 0 Å². The number of hydrogen-bond donors (Lipinski definition) is 0. The van der Waals surface area contributed by atoms with E-state index in [0.717, 1.165) is 12.8 Å². The van der Waals surface area contributed by atoms with E-state index in [2.05, 4.69) is 60.7 Å². The van der Waals surface area contributed by atoms with Crippen molar-refractivity contribution in [3.8, 4) is 0 Å². The highest BCUT2D eigenvalue weighted by Crippen LogP contribution is 2.52. The molecule has 0 heterocycles. The average Bonchev–Trinajstić information content (AvgIpc) is 3.46. The Hall–Kier alpha value is -1.89. The molecule has 4 rings (SSSR count). The molecule has 2 saturated carbocycles. The standard InChI is InChI=1S/C21H22O/c22-19(11-17-13-20(17)15-7-3-1-4-8-15)12-18-14-21(18)16-9-5-2-6-10-16/h1-10,17-18,20-21H,11-14H2. The van der Waals surface area contributed by atoms with E-state index in [1.165, 1.54) is 24.0 Å². The van der Waals surface area contributed by atoms with E-state index in [-0.39, 0.29) is 0 Å². The molecule has 22 heavy (non-hydrogen) atoms.